The highest BCUT2D eigenvalue weighted by atomic mass is 16.2. The van der Waals surface area contributed by atoms with Crippen LogP contribution in [-0.4, -0.2) is 39.2 Å². The molecule has 1 aliphatic heterocycles. The van der Waals surface area contributed by atoms with Crippen molar-refractivity contribution in [3.8, 4) is 11.3 Å². The smallest absolute Gasteiger partial charge is 0.254 e. The number of anilines is 1. The first kappa shape index (κ1) is 23.0. The van der Waals surface area contributed by atoms with Crippen LogP contribution in [0.3, 0.4) is 0 Å². The Labute approximate surface area is 215 Å². The Kier molecular flexibility index (Phi) is 5.93. The minimum absolute atomic E-state index is 0.0271. The van der Waals surface area contributed by atoms with Crippen molar-refractivity contribution in [1.82, 2.24) is 14.3 Å². The molecule has 6 heteroatoms. The number of aromatic nitrogens is 2. The van der Waals surface area contributed by atoms with Crippen molar-refractivity contribution in [2.45, 2.75) is 19.8 Å². The number of rotatable bonds is 4. The highest BCUT2D eigenvalue weighted by molar-refractivity contribution is 6.07. The van der Waals surface area contributed by atoms with E-state index in [2.05, 4.69) is 5.32 Å². The standard InChI is InChI=1S/C31H28N4O2/c1-21-9-8-18-35-28(21)32-27(23-11-3-2-4-12-23)29(35)33-30(36)24-16-19-34(20-17-24)31(37)26-15-7-13-22-10-5-6-14-25(22)26/h2-15,18,24H,16-17,19-20H2,1H3,(H,33,36). The molecular weight excluding hydrogens is 460 g/mol. The van der Waals surface area contributed by atoms with E-state index in [4.69, 9.17) is 4.98 Å². The van der Waals surface area contributed by atoms with Crippen LogP contribution in [-0.2, 0) is 4.79 Å². The fraction of sp³-hybridized carbons (Fsp3) is 0.194. The van der Waals surface area contributed by atoms with Crippen LogP contribution in [0.1, 0.15) is 28.8 Å². The van der Waals surface area contributed by atoms with Crippen molar-refractivity contribution in [3.05, 3.63) is 102 Å². The van der Waals surface area contributed by atoms with Crippen molar-refractivity contribution < 1.29 is 9.59 Å². The second-order valence-corrected chi connectivity index (χ2v) is 9.64. The van der Waals surface area contributed by atoms with Gasteiger partial charge in [0.05, 0.1) is 0 Å². The van der Waals surface area contributed by atoms with Gasteiger partial charge in [-0.15, -0.1) is 0 Å². The van der Waals surface area contributed by atoms with E-state index in [1.165, 1.54) is 0 Å². The zero-order chi connectivity index (χ0) is 25.4. The minimum Gasteiger partial charge on any atom is -0.339 e. The first-order valence-corrected chi connectivity index (χ1v) is 12.7. The summed E-state index contributed by atoms with van der Waals surface area (Å²) in [6.07, 6.45) is 3.18. The van der Waals surface area contributed by atoms with Crippen LogP contribution < -0.4 is 5.32 Å². The van der Waals surface area contributed by atoms with Crippen LogP contribution in [0.4, 0.5) is 5.82 Å². The van der Waals surface area contributed by atoms with Gasteiger partial charge in [0.2, 0.25) is 5.91 Å². The maximum Gasteiger partial charge on any atom is 0.254 e. The molecule has 3 heterocycles. The van der Waals surface area contributed by atoms with E-state index in [-0.39, 0.29) is 17.7 Å². The summed E-state index contributed by atoms with van der Waals surface area (Å²) in [7, 11) is 0. The largest absolute Gasteiger partial charge is 0.339 e. The molecule has 0 unspecified atom stereocenters. The molecule has 0 radical (unpaired) electrons. The summed E-state index contributed by atoms with van der Waals surface area (Å²) >= 11 is 0. The van der Waals surface area contributed by atoms with Gasteiger partial charge in [0, 0.05) is 36.3 Å². The number of piperidine rings is 1. The second-order valence-electron chi connectivity index (χ2n) is 9.64. The summed E-state index contributed by atoms with van der Waals surface area (Å²) < 4.78 is 1.95. The maximum absolute atomic E-state index is 13.4. The molecule has 0 spiro atoms. The summed E-state index contributed by atoms with van der Waals surface area (Å²) in [5.41, 5.74) is 4.30. The van der Waals surface area contributed by atoms with E-state index in [0.29, 0.717) is 31.7 Å². The number of pyridine rings is 1. The lowest BCUT2D eigenvalue weighted by molar-refractivity contribution is -0.121. The Balaban J connectivity index is 1.21. The predicted molar refractivity (Wildman–Crippen MR) is 147 cm³/mol. The number of benzene rings is 3. The number of hydrogen-bond donors (Lipinski definition) is 1. The number of carbonyl (C=O) groups excluding carboxylic acids is 2. The van der Waals surface area contributed by atoms with Crippen molar-refractivity contribution in [1.29, 1.82) is 0 Å². The van der Waals surface area contributed by atoms with Crippen molar-refractivity contribution in [2.75, 3.05) is 18.4 Å². The average Bonchev–Trinajstić information content (AvgIpc) is 3.32. The van der Waals surface area contributed by atoms with Gasteiger partial charge in [-0.25, -0.2) is 4.98 Å². The SMILES string of the molecule is Cc1cccn2c(NC(=O)C3CCN(C(=O)c4cccc5ccccc45)CC3)c(-c3ccccc3)nc12. The Morgan fingerprint density at radius 1 is 0.865 bits per heavy atom. The number of fused-ring (bicyclic) bond motifs is 2. The third-order valence-corrected chi connectivity index (χ3v) is 7.31. The summed E-state index contributed by atoms with van der Waals surface area (Å²) in [5, 5.41) is 5.21. The van der Waals surface area contributed by atoms with Crippen LogP contribution in [0.15, 0.2) is 91.1 Å². The van der Waals surface area contributed by atoms with Gasteiger partial charge in [-0.3, -0.25) is 14.0 Å². The number of hydrogen-bond acceptors (Lipinski definition) is 3. The Bertz CT molecular complexity index is 1610. The quantitative estimate of drug-likeness (QED) is 0.340. The topological polar surface area (TPSA) is 66.7 Å². The lowest BCUT2D eigenvalue weighted by Gasteiger charge is -2.31. The van der Waals surface area contributed by atoms with Crippen LogP contribution in [0.2, 0.25) is 0 Å². The van der Waals surface area contributed by atoms with Gasteiger partial charge >= 0.3 is 0 Å². The molecule has 0 aliphatic carbocycles. The Morgan fingerprint density at radius 3 is 2.41 bits per heavy atom. The molecule has 5 aromatic rings. The molecule has 2 aromatic heterocycles. The van der Waals surface area contributed by atoms with Crippen molar-refractivity contribution in [2.24, 2.45) is 5.92 Å². The first-order valence-electron chi connectivity index (χ1n) is 12.7. The molecule has 3 aromatic carbocycles. The van der Waals surface area contributed by atoms with E-state index in [1.807, 2.05) is 107 Å². The van der Waals surface area contributed by atoms with E-state index in [1.54, 1.807) is 0 Å². The maximum atomic E-state index is 13.4. The predicted octanol–water partition coefficient (Wildman–Crippen LogP) is 5.95. The summed E-state index contributed by atoms with van der Waals surface area (Å²) in [6, 6.07) is 27.7. The third-order valence-electron chi connectivity index (χ3n) is 7.31. The molecule has 1 N–H and O–H groups in total. The van der Waals surface area contributed by atoms with Gasteiger partial charge in [-0.1, -0.05) is 72.8 Å². The van der Waals surface area contributed by atoms with Crippen molar-refractivity contribution >= 4 is 34.1 Å². The first-order chi connectivity index (χ1) is 18.1. The number of nitrogens with zero attached hydrogens (tertiary/aromatic N) is 3. The molecule has 1 saturated heterocycles. The monoisotopic (exact) mass is 488 g/mol. The van der Waals surface area contributed by atoms with Gasteiger partial charge in [0.1, 0.15) is 17.2 Å². The summed E-state index contributed by atoms with van der Waals surface area (Å²) in [4.78, 5) is 33.5. The zero-order valence-electron chi connectivity index (χ0n) is 20.7. The molecule has 184 valence electrons. The lowest BCUT2D eigenvalue weighted by Crippen LogP contribution is -2.41. The van der Waals surface area contributed by atoms with E-state index < -0.39 is 0 Å². The van der Waals surface area contributed by atoms with Gasteiger partial charge in [-0.05, 0) is 48.2 Å². The summed E-state index contributed by atoms with van der Waals surface area (Å²) in [6.45, 7) is 3.13. The minimum atomic E-state index is -0.171. The van der Waals surface area contributed by atoms with Crippen LogP contribution in [0, 0.1) is 12.8 Å². The summed E-state index contributed by atoms with van der Waals surface area (Å²) in [5.74, 6) is 0.511. The fourth-order valence-corrected chi connectivity index (χ4v) is 5.27. The number of nitrogens with one attached hydrogen (secondary N) is 1. The average molecular weight is 489 g/mol. The van der Waals surface area contributed by atoms with Gasteiger partial charge in [0.25, 0.3) is 5.91 Å². The normalized spacial score (nSPS) is 14.2. The highest BCUT2D eigenvalue weighted by Gasteiger charge is 2.29. The number of amides is 2. The Morgan fingerprint density at radius 2 is 1.59 bits per heavy atom. The van der Waals surface area contributed by atoms with E-state index in [0.717, 1.165) is 38.8 Å². The zero-order valence-corrected chi connectivity index (χ0v) is 20.7. The molecule has 1 fully saturated rings. The fourth-order valence-electron chi connectivity index (χ4n) is 5.27. The van der Waals surface area contributed by atoms with Crippen LogP contribution >= 0.6 is 0 Å². The van der Waals surface area contributed by atoms with Crippen LogP contribution in [0.5, 0.6) is 0 Å². The van der Waals surface area contributed by atoms with E-state index >= 15 is 0 Å². The molecule has 37 heavy (non-hydrogen) atoms. The number of aryl methyl sites for hydroxylation is 1. The molecule has 0 saturated carbocycles. The van der Waals surface area contributed by atoms with Crippen LogP contribution in [0.25, 0.3) is 27.7 Å². The second kappa shape index (κ2) is 9.54. The van der Waals surface area contributed by atoms with E-state index in [9.17, 15) is 9.59 Å². The number of imidazole rings is 1. The number of carbonyl (C=O) groups is 2. The Hall–Kier alpha value is -4.45. The van der Waals surface area contributed by atoms with Gasteiger partial charge < -0.3 is 10.2 Å². The molecule has 1 aliphatic rings. The van der Waals surface area contributed by atoms with Gasteiger partial charge in [-0.2, -0.15) is 0 Å². The highest BCUT2D eigenvalue weighted by Crippen LogP contribution is 2.31. The van der Waals surface area contributed by atoms with Crippen molar-refractivity contribution in [3.63, 3.8) is 0 Å². The van der Waals surface area contributed by atoms with Gasteiger partial charge in [0.15, 0.2) is 0 Å². The molecule has 6 nitrogen and oxygen atoms in total. The molecule has 0 bridgehead atoms. The molecule has 0 atom stereocenters. The molecule has 2 amide bonds. The molecular formula is C31H28N4O2. The number of likely N-dealkylation sites (tertiary alicyclic amines) is 1. The lowest BCUT2D eigenvalue weighted by atomic mass is 9.94. The molecule has 6 rings (SSSR count). The third kappa shape index (κ3) is 4.25.